The first-order valence-corrected chi connectivity index (χ1v) is 8.67. The number of amides is 1. The van der Waals surface area contributed by atoms with Gasteiger partial charge in [0.2, 0.25) is 0 Å². The second-order valence-electron chi connectivity index (χ2n) is 6.34. The van der Waals surface area contributed by atoms with Crippen LogP contribution in [0.2, 0.25) is 0 Å². The molecular formula is C19H26N2O. The number of H-pyrrole nitrogens is 1. The molecule has 2 aromatic rings. The fourth-order valence-corrected chi connectivity index (χ4v) is 3.58. The molecule has 0 fully saturated rings. The maximum absolute atomic E-state index is 12.8. The number of aromatic nitrogens is 1. The zero-order valence-corrected chi connectivity index (χ0v) is 13.7. The minimum absolute atomic E-state index is 0.177. The van der Waals surface area contributed by atoms with Crippen molar-refractivity contribution < 1.29 is 4.79 Å². The van der Waals surface area contributed by atoms with Crippen molar-refractivity contribution in [3.05, 3.63) is 35.0 Å². The lowest BCUT2D eigenvalue weighted by Gasteiger charge is -2.21. The normalized spacial score (nSPS) is 14.1. The second-order valence-corrected chi connectivity index (χ2v) is 6.34. The van der Waals surface area contributed by atoms with Gasteiger partial charge >= 0.3 is 0 Å². The van der Waals surface area contributed by atoms with Crippen LogP contribution in [0, 0.1) is 0 Å². The van der Waals surface area contributed by atoms with Crippen LogP contribution in [0.15, 0.2) is 18.2 Å². The SMILES string of the molecule is CCCN(CCC)C(=O)c1ccc2[nH]c3c(c2c1)CCCC3. The quantitative estimate of drug-likeness (QED) is 0.877. The average molecular weight is 298 g/mol. The molecule has 0 unspecified atom stereocenters. The lowest BCUT2D eigenvalue weighted by molar-refractivity contribution is 0.0756. The first kappa shape index (κ1) is 15.1. The third-order valence-corrected chi connectivity index (χ3v) is 4.62. The topological polar surface area (TPSA) is 36.1 Å². The first-order valence-electron chi connectivity index (χ1n) is 8.67. The van der Waals surface area contributed by atoms with Crippen LogP contribution >= 0.6 is 0 Å². The number of fused-ring (bicyclic) bond motifs is 3. The molecule has 3 nitrogen and oxygen atoms in total. The Balaban J connectivity index is 1.95. The lowest BCUT2D eigenvalue weighted by atomic mass is 9.95. The molecule has 0 saturated carbocycles. The third kappa shape index (κ3) is 2.77. The summed E-state index contributed by atoms with van der Waals surface area (Å²) < 4.78 is 0. The molecule has 0 bridgehead atoms. The molecule has 1 aliphatic carbocycles. The predicted octanol–water partition coefficient (Wildman–Crippen LogP) is 4.31. The minimum Gasteiger partial charge on any atom is -0.358 e. The van der Waals surface area contributed by atoms with Crippen molar-refractivity contribution in [1.82, 2.24) is 9.88 Å². The summed E-state index contributed by atoms with van der Waals surface area (Å²) in [6.45, 7) is 5.94. The van der Waals surface area contributed by atoms with Crippen molar-refractivity contribution in [3.8, 4) is 0 Å². The van der Waals surface area contributed by atoms with Crippen molar-refractivity contribution in [3.63, 3.8) is 0 Å². The number of carbonyl (C=O) groups excluding carboxylic acids is 1. The molecule has 3 rings (SSSR count). The summed E-state index contributed by atoms with van der Waals surface area (Å²) in [5, 5.41) is 1.26. The summed E-state index contributed by atoms with van der Waals surface area (Å²) in [6.07, 6.45) is 6.83. The number of hydrogen-bond donors (Lipinski definition) is 1. The predicted molar refractivity (Wildman–Crippen MR) is 91.4 cm³/mol. The van der Waals surface area contributed by atoms with Gasteiger partial charge in [0, 0.05) is 35.2 Å². The summed E-state index contributed by atoms with van der Waals surface area (Å²) in [7, 11) is 0. The van der Waals surface area contributed by atoms with Crippen LogP contribution in [0.25, 0.3) is 10.9 Å². The van der Waals surface area contributed by atoms with E-state index >= 15 is 0 Å². The molecule has 0 radical (unpaired) electrons. The molecule has 1 aromatic heterocycles. The van der Waals surface area contributed by atoms with Gasteiger partial charge < -0.3 is 9.88 Å². The third-order valence-electron chi connectivity index (χ3n) is 4.62. The summed E-state index contributed by atoms with van der Waals surface area (Å²) in [5.74, 6) is 0.177. The highest BCUT2D eigenvalue weighted by Crippen LogP contribution is 2.30. The minimum atomic E-state index is 0.177. The molecule has 1 amide bonds. The molecule has 22 heavy (non-hydrogen) atoms. The summed E-state index contributed by atoms with van der Waals surface area (Å²) in [6, 6.07) is 6.17. The highest BCUT2D eigenvalue weighted by Gasteiger charge is 2.19. The maximum Gasteiger partial charge on any atom is 0.253 e. The zero-order chi connectivity index (χ0) is 15.5. The van der Waals surface area contributed by atoms with E-state index in [-0.39, 0.29) is 5.91 Å². The fourth-order valence-electron chi connectivity index (χ4n) is 3.58. The van der Waals surface area contributed by atoms with Gasteiger partial charge in [0.15, 0.2) is 0 Å². The van der Waals surface area contributed by atoms with Crippen molar-refractivity contribution >= 4 is 16.8 Å². The molecule has 118 valence electrons. The number of benzene rings is 1. The highest BCUT2D eigenvalue weighted by molar-refractivity contribution is 5.99. The van der Waals surface area contributed by atoms with Gasteiger partial charge in [0.05, 0.1) is 0 Å². The van der Waals surface area contributed by atoms with Crippen LogP contribution in [0.4, 0.5) is 0 Å². The Bertz CT molecular complexity index is 665. The largest absolute Gasteiger partial charge is 0.358 e. The summed E-state index contributed by atoms with van der Waals surface area (Å²) >= 11 is 0. The molecule has 1 aromatic carbocycles. The van der Waals surface area contributed by atoms with Crippen molar-refractivity contribution in [2.24, 2.45) is 0 Å². The van der Waals surface area contributed by atoms with Crippen molar-refractivity contribution in [2.75, 3.05) is 13.1 Å². The van der Waals surface area contributed by atoms with E-state index in [1.807, 2.05) is 11.0 Å². The van der Waals surface area contributed by atoms with E-state index in [9.17, 15) is 4.79 Å². The number of hydrogen-bond acceptors (Lipinski definition) is 1. The van der Waals surface area contributed by atoms with Gasteiger partial charge in [-0.2, -0.15) is 0 Å². The standard InChI is InChI=1S/C19H26N2O/c1-3-11-21(12-4-2)19(22)14-9-10-18-16(13-14)15-7-5-6-8-17(15)20-18/h9-10,13,20H,3-8,11-12H2,1-2H3. The van der Waals surface area contributed by atoms with Gasteiger partial charge in [-0.25, -0.2) is 0 Å². The maximum atomic E-state index is 12.8. The number of nitrogens with one attached hydrogen (secondary N) is 1. The Kier molecular flexibility index (Phi) is 4.51. The molecule has 0 saturated heterocycles. The van der Waals surface area contributed by atoms with E-state index in [4.69, 9.17) is 0 Å². The van der Waals surface area contributed by atoms with Crippen LogP contribution in [0.5, 0.6) is 0 Å². The van der Waals surface area contributed by atoms with Crippen LogP contribution in [-0.2, 0) is 12.8 Å². The highest BCUT2D eigenvalue weighted by atomic mass is 16.2. The monoisotopic (exact) mass is 298 g/mol. The molecule has 0 spiro atoms. The molecule has 0 aliphatic heterocycles. The second kappa shape index (κ2) is 6.55. The summed E-state index contributed by atoms with van der Waals surface area (Å²) in [4.78, 5) is 18.3. The smallest absolute Gasteiger partial charge is 0.253 e. The van der Waals surface area contributed by atoms with Gasteiger partial charge in [-0.1, -0.05) is 13.8 Å². The van der Waals surface area contributed by atoms with E-state index in [0.717, 1.165) is 44.3 Å². The summed E-state index contributed by atoms with van der Waals surface area (Å²) in [5.41, 5.74) is 4.83. The van der Waals surface area contributed by atoms with E-state index < -0.39 is 0 Å². The Hall–Kier alpha value is -1.77. The fraction of sp³-hybridized carbons (Fsp3) is 0.526. The Morgan fingerprint density at radius 3 is 2.59 bits per heavy atom. The van der Waals surface area contributed by atoms with Gasteiger partial charge in [0.25, 0.3) is 5.91 Å². The lowest BCUT2D eigenvalue weighted by Crippen LogP contribution is -2.32. The van der Waals surface area contributed by atoms with Gasteiger partial charge in [-0.05, 0) is 62.3 Å². The molecule has 0 atom stereocenters. The Morgan fingerprint density at radius 1 is 1.14 bits per heavy atom. The van der Waals surface area contributed by atoms with Crippen LogP contribution < -0.4 is 0 Å². The van der Waals surface area contributed by atoms with Crippen LogP contribution in [0.1, 0.15) is 61.1 Å². The van der Waals surface area contributed by atoms with E-state index in [1.54, 1.807) is 0 Å². The van der Waals surface area contributed by atoms with Gasteiger partial charge in [-0.3, -0.25) is 4.79 Å². The molecular weight excluding hydrogens is 272 g/mol. The Morgan fingerprint density at radius 2 is 1.86 bits per heavy atom. The van der Waals surface area contributed by atoms with Crippen molar-refractivity contribution in [2.45, 2.75) is 52.4 Å². The first-order chi connectivity index (χ1) is 10.7. The molecule has 1 aliphatic rings. The number of rotatable bonds is 5. The van der Waals surface area contributed by atoms with Crippen LogP contribution in [0.3, 0.4) is 0 Å². The van der Waals surface area contributed by atoms with E-state index in [2.05, 4.69) is 31.0 Å². The average Bonchev–Trinajstić information content (AvgIpc) is 2.92. The van der Waals surface area contributed by atoms with Crippen LogP contribution in [-0.4, -0.2) is 28.9 Å². The number of nitrogens with zero attached hydrogens (tertiary/aromatic N) is 1. The Labute approximate surface area is 132 Å². The van der Waals surface area contributed by atoms with E-state index in [0.29, 0.717) is 0 Å². The molecule has 1 heterocycles. The molecule has 3 heteroatoms. The number of aryl methyl sites for hydroxylation is 2. The molecule has 1 N–H and O–H groups in total. The van der Waals surface area contributed by atoms with Gasteiger partial charge in [0.1, 0.15) is 0 Å². The van der Waals surface area contributed by atoms with Gasteiger partial charge in [-0.15, -0.1) is 0 Å². The number of aromatic amines is 1. The zero-order valence-electron chi connectivity index (χ0n) is 13.7. The number of carbonyl (C=O) groups is 1. The van der Waals surface area contributed by atoms with Crippen molar-refractivity contribution in [1.29, 1.82) is 0 Å². The van der Waals surface area contributed by atoms with E-state index in [1.165, 1.54) is 35.0 Å².